The molecule has 62 valence electrons. The number of allylic oxidation sites excluding steroid dienone is 1. The van der Waals surface area contributed by atoms with Gasteiger partial charge in [0.05, 0.1) is 6.26 Å². The van der Waals surface area contributed by atoms with Crippen molar-refractivity contribution >= 4 is 6.09 Å². The first-order valence-electron chi connectivity index (χ1n) is 3.52. The van der Waals surface area contributed by atoms with E-state index in [-0.39, 0.29) is 12.7 Å². The average Bonchev–Trinajstić information content (AvgIpc) is 2.03. The highest BCUT2D eigenvalue weighted by Gasteiger charge is 2.11. The molecule has 0 bridgehead atoms. The minimum atomic E-state index is -0.747. The van der Waals surface area contributed by atoms with Gasteiger partial charge < -0.3 is 15.2 Å². The molecule has 0 aromatic rings. The molecule has 1 atom stereocenters. The Morgan fingerprint density at radius 1 is 1.82 bits per heavy atom. The lowest BCUT2D eigenvalue weighted by Crippen LogP contribution is -2.24. The van der Waals surface area contributed by atoms with Crippen molar-refractivity contribution in [2.45, 2.75) is 18.9 Å². The summed E-state index contributed by atoms with van der Waals surface area (Å²) in [6, 6.07) is 0. The first-order valence-corrected chi connectivity index (χ1v) is 3.52. The molecule has 11 heavy (non-hydrogen) atoms. The summed E-state index contributed by atoms with van der Waals surface area (Å²) in [4.78, 5) is 10.2. The molecule has 1 aliphatic rings. The van der Waals surface area contributed by atoms with E-state index in [4.69, 9.17) is 10.5 Å². The molecule has 0 aromatic heterocycles. The van der Waals surface area contributed by atoms with E-state index in [1.165, 1.54) is 0 Å². The van der Waals surface area contributed by atoms with Crippen LogP contribution < -0.4 is 5.73 Å². The van der Waals surface area contributed by atoms with Crippen molar-refractivity contribution in [3.8, 4) is 0 Å². The molecule has 1 rings (SSSR count). The normalized spacial score (nSPS) is 22.4. The van der Waals surface area contributed by atoms with E-state index in [1.807, 2.05) is 6.08 Å². The first kappa shape index (κ1) is 7.91. The van der Waals surface area contributed by atoms with Crippen LogP contribution in [0.5, 0.6) is 0 Å². The van der Waals surface area contributed by atoms with E-state index in [9.17, 15) is 4.79 Å². The van der Waals surface area contributed by atoms with Gasteiger partial charge in [0.1, 0.15) is 12.7 Å². The molecule has 0 fully saturated rings. The number of primary amides is 1. The van der Waals surface area contributed by atoms with Gasteiger partial charge in [-0.05, 0) is 18.9 Å². The van der Waals surface area contributed by atoms with Crippen LogP contribution in [0.3, 0.4) is 0 Å². The van der Waals surface area contributed by atoms with E-state index in [2.05, 4.69) is 4.74 Å². The summed E-state index contributed by atoms with van der Waals surface area (Å²) in [7, 11) is 0. The lowest BCUT2D eigenvalue weighted by atomic mass is 10.2. The number of carbonyl (C=O) groups excluding carboxylic acids is 1. The molecule has 0 saturated heterocycles. The van der Waals surface area contributed by atoms with Gasteiger partial charge in [-0.25, -0.2) is 4.79 Å². The molecular weight excluding hydrogens is 146 g/mol. The van der Waals surface area contributed by atoms with Crippen molar-refractivity contribution < 1.29 is 14.3 Å². The average molecular weight is 157 g/mol. The van der Waals surface area contributed by atoms with Gasteiger partial charge in [0.15, 0.2) is 0 Å². The standard InChI is InChI=1S/C7H11NO3/c8-7(9)11-5-6-3-1-2-4-10-6/h2,4,6H,1,3,5H2,(H2,8,9). The summed E-state index contributed by atoms with van der Waals surface area (Å²) in [5, 5.41) is 0. The van der Waals surface area contributed by atoms with Gasteiger partial charge in [-0.2, -0.15) is 0 Å². The third kappa shape index (κ3) is 2.93. The minimum absolute atomic E-state index is 0.0208. The molecule has 2 N–H and O–H groups in total. The summed E-state index contributed by atoms with van der Waals surface area (Å²) in [6.07, 6.45) is 4.63. The van der Waals surface area contributed by atoms with Crippen LogP contribution in [0.2, 0.25) is 0 Å². The fourth-order valence-electron chi connectivity index (χ4n) is 0.883. The Bertz CT molecular complexity index is 167. The van der Waals surface area contributed by atoms with E-state index in [0.29, 0.717) is 0 Å². The highest BCUT2D eigenvalue weighted by molar-refractivity contribution is 5.64. The molecule has 4 heteroatoms. The number of carbonyl (C=O) groups is 1. The smallest absolute Gasteiger partial charge is 0.404 e. The maximum Gasteiger partial charge on any atom is 0.404 e. The number of hydrogen-bond acceptors (Lipinski definition) is 3. The maximum absolute atomic E-state index is 10.2. The van der Waals surface area contributed by atoms with Crippen LogP contribution >= 0.6 is 0 Å². The lowest BCUT2D eigenvalue weighted by Gasteiger charge is -2.18. The van der Waals surface area contributed by atoms with Crippen LogP contribution in [0.15, 0.2) is 12.3 Å². The fourth-order valence-corrected chi connectivity index (χ4v) is 0.883. The van der Waals surface area contributed by atoms with E-state index in [0.717, 1.165) is 12.8 Å². The monoisotopic (exact) mass is 157 g/mol. The molecule has 0 radical (unpaired) electrons. The van der Waals surface area contributed by atoms with Gasteiger partial charge in [-0.15, -0.1) is 0 Å². The first-order chi connectivity index (χ1) is 5.29. The second-order valence-corrected chi connectivity index (χ2v) is 2.34. The second kappa shape index (κ2) is 3.85. The molecule has 1 heterocycles. The molecule has 1 amide bonds. The Balaban J connectivity index is 2.16. The maximum atomic E-state index is 10.2. The van der Waals surface area contributed by atoms with Gasteiger partial charge in [-0.1, -0.05) is 0 Å². The van der Waals surface area contributed by atoms with Crippen LogP contribution in [-0.2, 0) is 9.47 Å². The lowest BCUT2D eigenvalue weighted by molar-refractivity contribution is 0.0496. The van der Waals surface area contributed by atoms with Crippen LogP contribution in [-0.4, -0.2) is 18.8 Å². The third-order valence-corrected chi connectivity index (χ3v) is 1.43. The number of amides is 1. The van der Waals surface area contributed by atoms with Crippen molar-refractivity contribution in [2.75, 3.05) is 6.61 Å². The zero-order chi connectivity index (χ0) is 8.10. The van der Waals surface area contributed by atoms with Crippen molar-refractivity contribution in [3.63, 3.8) is 0 Å². The Morgan fingerprint density at radius 2 is 2.64 bits per heavy atom. The van der Waals surface area contributed by atoms with Gasteiger partial charge in [0, 0.05) is 0 Å². The number of nitrogens with two attached hydrogens (primary N) is 1. The second-order valence-electron chi connectivity index (χ2n) is 2.34. The highest BCUT2D eigenvalue weighted by atomic mass is 16.6. The summed E-state index contributed by atoms with van der Waals surface area (Å²) < 4.78 is 9.68. The van der Waals surface area contributed by atoms with Crippen molar-refractivity contribution in [3.05, 3.63) is 12.3 Å². The largest absolute Gasteiger partial charge is 0.495 e. The van der Waals surface area contributed by atoms with Crippen LogP contribution in [0.25, 0.3) is 0 Å². The van der Waals surface area contributed by atoms with E-state index in [1.54, 1.807) is 6.26 Å². The quantitative estimate of drug-likeness (QED) is 0.644. The Labute approximate surface area is 65.0 Å². The topological polar surface area (TPSA) is 61.6 Å². The van der Waals surface area contributed by atoms with E-state index >= 15 is 0 Å². The van der Waals surface area contributed by atoms with E-state index < -0.39 is 6.09 Å². The third-order valence-electron chi connectivity index (χ3n) is 1.43. The van der Waals surface area contributed by atoms with Crippen molar-refractivity contribution in [2.24, 2.45) is 5.73 Å². The zero-order valence-corrected chi connectivity index (χ0v) is 6.16. The highest BCUT2D eigenvalue weighted by Crippen LogP contribution is 2.09. The Kier molecular flexibility index (Phi) is 2.77. The summed E-state index contributed by atoms with van der Waals surface area (Å²) >= 11 is 0. The number of rotatable bonds is 2. The van der Waals surface area contributed by atoms with Gasteiger partial charge in [0.25, 0.3) is 0 Å². The van der Waals surface area contributed by atoms with Crippen LogP contribution in [0.1, 0.15) is 12.8 Å². The predicted molar refractivity (Wildman–Crippen MR) is 38.8 cm³/mol. The zero-order valence-electron chi connectivity index (χ0n) is 6.16. The molecule has 1 unspecified atom stereocenters. The number of ether oxygens (including phenoxy) is 2. The van der Waals surface area contributed by atoms with Gasteiger partial charge in [0.2, 0.25) is 0 Å². The van der Waals surface area contributed by atoms with Crippen molar-refractivity contribution in [1.82, 2.24) is 0 Å². The molecule has 0 spiro atoms. The van der Waals surface area contributed by atoms with Crippen LogP contribution in [0, 0.1) is 0 Å². The Morgan fingerprint density at radius 3 is 3.18 bits per heavy atom. The molecule has 0 aromatic carbocycles. The molecule has 1 aliphatic heterocycles. The molecule has 0 aliphatic carbocycles. The predicted octanol–water partition coefficient (Wildman–Crippen LogP) is 0.774. The Hall–Kier alpha value is -1.19. The SMILES string of the molecule is NC(=O)OCC1CCC=CO1. The summed E-state index contributed by atoms with van der Waals surface area (Å²) in [5.41, 5.74) is 4.77. The van der Waals surface area contributed by atoms with Gasteiger partial charge in [-0.3, -0.25) is 0 Å². The minimum Gasteiger partial charge on any atom is -0.495 e. The van der Waals surface area contributed by atoms with Crippen molar-refractivity contribution in [1.29, 1.82) is 0 Å². The van der Waals surface area contributed by atoms with Crippen LogP contribution in [0.4, 0.5) is 4.79 Å². The molecule has 4 nitrogen and oxygen atoms in total. The summed E-state index contributed by atoms with van der Waals surface area (Å²) in [5.74, 6) is 0. The fraction of sp³-hybridized carbons (Fsp3) is 0.571. The summed E-state index contributed by atoms with van der Waals surface area (Å²) in [6.45, 7) is 0.250. The molecule has 0 saturated carbocycles. The van der Waals surface area contributed by atoms with Gasteiger partial charge >= 0.3 is 6.09 Å². The molecular formula is C7H11NO3. The number of hydrogen-bond donors (Lipinski definition) is 1.